The second kappa shape index (κ2) is 42.2. The molecule has 6 atom stereocenters. The molecule has 0 fully saturated rings. The topological polar surface area (TPSA) is 279 Å². The summed E-state index contributed by atoms with van der Waals surface area (Å²) in [6.07, 6.45) is 36.6. The largest absolute Gasteiger partial charge is 0.481 e. The van der Waals surface area contributed by atoms with E-state index in [1.807, 2.05) is 18.2 Å². The zero-order chi connectivity index (χ0) is 50.0. The summed E-state index contributed by atoms with van der Waals surface area (Å²) in [6.45, 7) is 1.11. The van der Waals surface area contributed by atoms with E-state index in [1.54, 1.807) is 18.2 Å². The van der Waals surface area contributed by atoms with Gasteiger partial charge in [-0.05, 0) is 70.6 Å². The first-order valence-electron chi connectivity index (χ1n) is 23.6. The monoisotopic (exact) mass is 1010 g/mol. The Labute approximate surface area is 403 Å². The number of aliphatic hydroxyl groups is 2. The molecule has 1 unspecified atom stereocenters. The van der Waals surface area contributed by atoms with Crippen LogP contribution in [0.2, 0.25) is 0 Å². The first-order valence-corrected chi connectivity index (χ1v) is 27.6. The van der Waals surface area contributed by atoms with Gasteiger partial charge in [0.2, 0.25) is 0 Å². The summed E-state index contributed by atoms with van der Waals surface area (Å²) < 4.78 is 48.0. The lowest BCUT2D eigenvalue weighted by Gasteiger charge is -2.23. The molecular weight excluding hydrogens is 929 g/mol. The number of phosphoric ester groups is 2. The van der Waals surface area contributed by atoms with Crippen LogP contribution in [0.25, 0.3) is 0 Å². The number of carbonyl (C=O) groups is 3. The summed E-state index contributed by atoms with van der Waals surface area (Å²) in [6, 6.07) is -1.30. The number of allylic oxidation sites excluding steroid dienone is 11. The molecule has 0 aromatic heterocycles. The minimum atomic E-state index is -4.98. The Hall–Kier alpha value is -2.70. The van der Waals surface area contributed by atoms with Crippen LogP contribution < -0.4 is 5.73 Å². The number of rotatable bonds is 44. The van der Waals surface area contributed by atoms with E-state index in [4.69, 9.17) is 34.6 Å². The lowest BCUT2D eigenvalue weighted by atomic mass is 10.1. The van der Waals surface area contributed by atoms with Crippen LogP contribution in [-0.4, -0.2) is 110 Å². The molecule has 0 spiro atoms. The van der Waals surface area contributed by atoms with Gasteiger partial charge in [0.25, 0.3) is 0 Å². The van der Waals surface area contributed by atoms with Crippen molar-refractivity contribution in [2.45, 2.75) is 172 Å². The summed E-state index contributed by atoms with van der Waals surface area (Å²) in [5, 5.41) is 29.2. The van der Waals surface area contributed by atoms with E-state index in [1.165, 1.54) is 38.5 Å². The standard InChI is InChI=1S/C47H81NO16P2S/c1-3-5-7-9-11-13-15-17-18-19-21-23-25-27-29-34-46(53)60-37-41(38-63-66(58,59)62-36-40(49)35-61-65(55,56)57)64-47(54)42(48)39-67-44(43(50)31-30-33-45(51)52)32-28-26-24-22-20-16-14-12-10-8-6-4-2/h11-14,17-18,20,22,24,26,28,32,40-44,49-50H,3-10,15-16,19,21,23,25,27,29-31,33-39,48H2,1-2H3,(H,51,52)(H,58,59)(H2,55,56,57)/b13-11-,14-12-,18-17-,22-20-,26-24+,32-28+/t40-,41+,42-,43-,44+/m0/s1. The Bertz CT molecular complexity index is 1580. The second-order valence-corrected chi connectivity index (χ2v) is 19.8. The molecule has 67 heavy (non-hydrogen) atoms. The van der Waals surface area contributed by atoms with Crippen LogP contribution in [0.5, 0.6) is 0 Å². The van der Waals surface area contributed by atoms with E-state index in [9.17, 15) is 38.6 Å². The van der Waals surface area contributed by atoms with Crippen molar-refractivity contribution in [2.24, 2.45) is 5.73 Å². The molecule has 0 heterocycles. The Morgan fingerprint density at radius 2 is 1.19 bits per heavy atom. The number of nitrogens with two attached hydrogens (primary N) is 1. The molecule has 0 aromatic carbocycles. The molecule has 0 amide bonds. The Morgan fingerprint density at radius 1 is 0.642 bits per heavy atom. The van der Waals surface area contributed by atoms with Gasteiger partial charge < -0.3 is 45.2 Å². The fourth-order valence-corrected chi connectivity index (χ4v) is 8.08. The summed E-state index contributed by atoms with van der Waals surface area (Å²) in [4.78, 5) is 64.7. The van der Waals surface area contributed by atoms with Gasteiger partial charge in [-0.3, -0.25) is 28.0 Å². The SMILES string of the molecule is CCCCC/C=C\C\C=C/C=C/C=C/[C@@H](SC[C@H](N)C(=O)O[C@H](COC(=O)CCCCCCC/C=C\C/C=C\CCCCC)COP(=O)(O)OC[C@@H](O)COP(=O)(O)O)[C@@H](O)CCCC(=O)O. The third-order valence-corrected chi connectivity index (χ3v) is 12.4. The van der Waals surface area contributed by atoms with Gasteiger partial charge in [0.05, 0.1) is 25.9 Å². The van der Waals surface area contributed by atoms with Crippen molar-refractivity contribution >= 4 is 45.3 Å². The van der Waals surface area contributed by atoms with Gasteiger partial charge in [0, 0.05) is 23.8 Å². The van der Waals surface area contributed by atoms with Crippen LogP contribution in [0.15, 0.2) is 72.9 Å². The number of carbonyl (C=O) groups excluding carboxylic acids is 2. The smallest absolute Gasteiger partial charge is 0.472 e. The number of hydrogen-bond donors (Lipinski definition) is 7. The number of aliphatic carboxylic acids is 1. The van der Waals surface area contributed by atoms with Crippen LogP contribution in [0.3, 0.4) is 0 Å². The van der Waals surface area contributed by atoms with Crippen molar-refractivity contribution < 1.29 is 76.6 Å². The Kier molecular flexibility index (Phi) is 40.5. The molecule has 0 radical (unpaired) electrons. The molecule has 0 rings (SSSR count). The lowest BCUT2D eigenvalue weighted by Crippen LogP contribution is -2.40. The maximum atomic E-state index is 13.2. The fourth-order valence-electron chi connectivity index (χ4n) is 5.80. The average molecular weight is 1010 g/mol. The fraction of sp³-hybridized carbons (Fsp3) is 0.681. The van der Waals surface area contributed by atoms with Crippen LogP contribution >= 0.6 is 27.4 Å². The molecular formula is C47H81NO16P2S. The maximum absolute atomic E-state index is 13.2. The van der Waals surface area contributed by atoms with Crippen molar-refractivity contribution in [2.75, 3.05) is 32.2 Å². The highest BCUT2D eigenvalue weighted by atomic mass is 32.2. The van der Waals surface area contributed by atoms with Gasteiger partial charge in [0.15, 0.2) is 6.10 Å². The average Bonchev–Trinajstić information content (AvgIpc) is 3.27. The quantitative estimate of drug-likeness (QED) is 0.00985. The number of esters is 2. The molecule has 8 N–H and O–H groups in total. The summed E-state index contributed by atoms with van der Waals surface area (Å²) in [5.41, 5.74) is 6.18. The molecule has 0 saturated heterocycles. The van der Waals surface area contributed by atoms with Crippen molar-refractivity contribution in [3.05, 3.63) is 72.9 Å². The number of aliphatic hydroxyl groups excluding tert-OH is 2. The van der Waals surface area contributed by atoms with Gasteiger partial charge in [0.1, 0.15) is 18.8 Å². The van der Waals surface area contributed by atoms with Gasteiger partial charge >= 0.3 is 33.6 Å². The van der Waals surface area contributed by atoms with Gasteiger partial charge in [-0.15, -0.1) is 11.8 Å². The van der Waals surface area contributed by atoms with E-state index in [0.29, 0.717) is 6.42 Å². The normalized spacial score (nSPS) is 15.8. The minimum Gasteiger partial charge on any atom is -0.481 e. The molecule has 20 heteroatoms. The molecule has 17 nitrogen and oxygen atoms in total. The summed E-state index contributed by atoms with van der Waals surface area (Å²) >= 11 is 1.13. The van der Waals surface area contributed by atoms with Crippen molar-refractivity contribution in [3.63, 3.8) is 0 Å². The molecule has 0 aromatic rings. The Balaban J connectivity index is 5.42. The number of thioether (sulfide) groups is 1. The molecule has 386 valence electrons. The highest BCUT2D eigenvalue weighted by molar-refractivity contribution is 8.00. The lowest BCUT2D eigenvalue weighted by molar-refractivity contribution is -0.161. The van der Waals surface area contributed by atoms with Gasteiger partial charge in [-0.25, -0.2) is 9.13 Å². The van der Waals surface area contributed by atoms with E-state index in [2.05, 4.69) is 59.4 Å². The van der Waals surface area contributed by atoms with Gasteiger partial charge in [-0.1, -0.05) is 132 Å². The van der Waals surface area contributed by atoms with Gasteiger partial charge in [-0.2, -0.15) is 0 Å². The van der Waals surface area contributed by atoms with E-state index < -0.39 is 89.6 Å². The summed E-state index contributed by atoms with van der Waals surface area (Å²) in [5.74, 6) is -2.66. The zero-order valence-corrected chi connectivity index (χ0v) is 42.2. The number of carboxylic acids is 1. The van der Waals surface area contributed by atoms with Crippen molar-refractivity contribution in [1.82, 2.24) is 0 Å². The van der Waals surface area contributed by atoms with E-state index in [-0.39, 0.29) is 31.4 Å². The first kappa shape index (κ1) is 64.3. The number of unbranched alkanes of at least 4 members (excludes halogenated alkanes) is 11. The van der Waals surface area contributed by atoms with E-state index in [0.717, 1.165) is 69.5 Å². The Morgan fingerprint density at radius 3 is 1.81 bits per heavy atom. The van der Waals surface area contributed by atoms with Crippen LogP contribution in [0.4, 0.5) is 0 Å². The number of phosphoric acid groups is 2. The zero-order valence-electron chi connectivity index (χ0n) is 39.6. The van der Waals surface area contributed by atoms with Crippen molar-refractivity contribution in [1.29, 1.82) is 0 Å². The van der Waals surface area contributed by atoms with Crippen LogP contribution in [0, 0.1) is 0 Å². The second-order valence-electron chi connectivity index (χ2n) is 15.9. The highest BCUT2D eigenvalue weighted by Gasteiger charge is 2.30. The first-order chi connectivity index (χ1) is 32.0. The van der Waals surface area contributed by atoms with Crippen LogP contribution in [0.1, 0.15) is 142 Å². The van der Waals surface area contributed by atoms with Crippen LogP contribution in [-0.2, 0) is 46.6 Å². The number of carboxylic acid groups (broad SMARTS) is 1. The van der Waals surface area contributed by atoms with E-state index >= 15 is 0 Å². The maximum Gasteiger partial charge on any atom is 0.472 e. The predicted octanol–water partition coefficient (Wildman–Crippen LogP) is 9.10. The minimum absolute atomic E-state index is 0.0735. The molecule has 0 aliphatic heterocycles. The summed E-state index contributed by atoms with van der Waals surface area (Å²) in [7, 11) is -9.91. The molecule has 0 saturated carbocycles. The predicted molar refractivity (Wildman–Crippen MR) is 263 cm³/mol. The highest BCUT2D eigenvalue weighted by Crippen LogP contribution is 2.44. The number of hydrogen-bond acceptors (Lipinski definition) is 14. The number of ether oxygens (including phenoxy) is 2. The molecule has 0 aliphatic carbocycles. The molecule has 0 bridgehead atoms. The molecule has 0 aliphatic rings. The van der Waals surface area contributed by atoms with Crippen molar-refractivity contribution in [3.8, 4) is 0 Å². The third-order valence-electron chi connectivity index (χ3n) is 9.56. The third kappa shape index (κ3) is 43.1.